The molecule has 2 atom stereocenters. The van der Waals surface area contributed by atoms with Gasteiger partial charge in [0.15, 0.2) is 0 Å². The second kappa shape index (κ2) is 7.03. The van der Waals surface area contributed by atoms with E-state index in [1.807, 2.05) is 0 Å². The van der Waals surface area contributed by atoms with Gasteiger partial charge in [-0.1, -0.05) is 35.0 Å². The Bertz CT molecular complexity index is 490. The number of hydrogen-bond donors (Lipinski definition) is 1. The second-order valence-electron chi connectivity index (χ2n) is 6.37. The Morgan fingerprint density at radius 1 is 1.33 bits per heavy atom. The van der Waals surface area contributed by atoms with Crippen LogP contribution in [0.4, 0.5) is 0 Å². The molecule has 0 aromatic heterocycles. The van der Waals surface area contributed by atoms with Crippen LogP contribution in [0.15, 0.2) is 22.7 Å². The highest BCUT2D eigenvalue weighted by Crippen LogP contribution is 2.28. The van der Waals surface area contributed by atoms with E-state index in [1.165, 1.54) is 40.7 Å². The van der Waals surface area contributed by atoms with Crippen molar-refractivity contribution < 1.29 is 0 Å². The molecule has 1 aromatic carbocycles. The summed E-state index contributed by atoms with van der Waals surface area (Å²) < 4.78 is 1.26. The van der Waals surface area contributed by atoms with Crippen LogP contribution in [0.2, 0.25) is 0 Å². The van der Waals surface area contributed by atoms with Crippen LogP contribution in [0.5, 0.6) is 0 Å². The van der Waals surface area contributed by atoms with Crippen LogP contribution in [0.25, 0.3) is 0 Å². The van der Waals surface area contributed by atoms with E-state index in [-0.39, 0.29) is 0 Å². The van der Waals surface area contributed by atoms with Gasteiger partial charge in [-0.3, -0.25) is 4.90 Å². The lowest BCUT2D eigenvalue weighted by molar-refractivity contribution is 0.204. The van der Waals surface area contributed by atoms with Crippen molar-refractivity contribution in [3.63, 3.8) is 0 Å². The van der Waals surface area contributed by atoms with Crippen LogP contribution in [-0.4, -0.2) is 34.5 Å². The zero-order valence-electron chi connectivity index (χ0n) is 12.9. The number of thioether (sulfide) groups is 1. The topological polar surface area (TPSA) is 15.3 Å². The number of hydrogen-bond acceptors (Lipinski definition) is 3. The summed E-state index contributed by atoms with van der Waals surface area (Å²) in [6.07, 6.45) is 2.70. The molecule has 1 heterocycles. The zero-order chi connectivity index (χ0) is 14.8. The third kappa shape index (κ3) is 4.25. The summed E-state index contributed by atoms with van der Waals surface area (Å²) >= 11 is 5.87. The van der Waals surface area contributed by atoms with Crippen molar-refractivity contribution in [2.75, 3.05) is 12.3 Å². The van der Waals surface area contributed by atoms with E-state index in [9.17, 15) is 0 Å². The van der Waals surface area contributed by atoms with Crippen LogP contribution in [0.1, 0.15) is 37.8 Å². The summed E-state index contributed by atoms with van der Waals surface area (Å²) in [7, 11) is 0. The standard InChI is InChI=1S/C17H25BrN2S/c1-12-13(2)21-8-7-20(12)11-15-4-3-14(9-17(15)18)10-19-16-5-6-16/h3-4,9,12-13,16,19H,5-8,10-11H2,1-2H3. The summed E-state index contributed by atoms with van der Waals surface area (Å²) in [6, 6.07) is 8.30. The predicted octanol–water partition coefficient (Wildman–Crippen LogP) is 4.03. The lowest BCUT2D eigenvalue weighted by Gasteiger charge is -2.37. The quantitative estimate of drug-likeness (QED) is 0.844. The molecule has 1 saturated carbocycles. The highest BCUT2D eigenvalue weighted by molar-refractivity contribution is 9.10. The molecule has 2 fully saturated rings. The Hall–Kier alpha value is -0.0300. The van der Waals surface area contributed by atoms with Crippen molar-refractivity contribution in [2.45, 2.75) is 57.1 Å². The molecule has 0 radical (unpaired) electrons. The molecule has 21 heavy (non-hydrogen) atoms. The van der Waals surface area contributed by atoms with Crippen LogP contribution >= 0.6 is 27.7 Å². The van der Waals surface area contributed by atoms with Crippen molar-refractivity contribution >= 4 is 27.7 Å². The number of nitrogens with zero attached hydrogens (tertiary/aromatic N) is 1. The van der Waals surface area contributed by atoms with Gasteiger partial charge in [0.2, 0.25) is 0 Å². The lowest BCUT2D eigenvalue weighted by atomic mass is 10.1. The molecule has 116 valence electrons. The van der Waals surface area contributed by atoms with Crippen LogP contribution in [-0.2, 0) is 13.1 Å². The summed E-state index contributed by atoms with van der Waals surface area (Å²) in [5.41, 5.74) is 2.80. The third-order valence-corrected chi connectivity index (χ3v) is 6.75. The fourth-order valence-corrected chi connectivity index (χ4v) is 4.53. The molecule has 2 aliphatic rings. The van der Waals surface area contributed by atoms with Crippen molar-refractivity contribution in [2.24, 2.45) is 0 Å². The fourth-order valence-electron chi connectivity index (χ4n) is 2.82. The summed E-state index contributed by atoms with van der Waals surface area (Å²) in [4.78, 5) is 2.61. The Kier molecular flexibility index (Phi) is 5.31. The van der Waals surface area contributed by atoms with Crippen molar-refractivity contribution in [1.29, 1.82) is 0 Å². The highest BCUT2D eigenvalue weighted by atomic mass is 79.9. The monoisotopic (exact) mass is 368 g/mol. The molecule has 1 saturated heterocycles. The third-order valence-electron chi connectivity index (χ3n) is 4.68. The van der Waals surface area contributed by atoms with Gasteiger partial charge in [-0.25, -0.2) is 0 Å². The number of rotatable bonds is 5. The van der Waals surface area contributed by atoms with Crippen LogP contribution < -0.4 is 5.32 Å². The molecule has 2 unspecified atom stereocenters. The SMILES string of the molecule is CC1SCCN(Cc2ccc(CNC3CC3)cc2Br)C1C. The van der Waals surface area contributed by atoms with Gasteiger partial charge in [0.05, 0.1) is 0 Å². The average molecular weight is 369 g/mol. The van der Waals surface area contributed by atoms with E-state index >= 15 is 0 Å². The smallest absolute Gasteiger partial charge is 0.0248 e. The maximum Gasteiger partial charge on any atom is 0.0248 e. The van der Waals surface area contributed by atoms with E-state index in [2.05, 4.69) is 70.0 Å². The average Bonchev–Trinajstić information content (AvgIpc) is 3.28. The van der Waals surface area contributed by atoms with Gasteiger partial charge in [0.1, 0.15) is 0 Å². The first kappa shape index (κ1) is 15.9. The Labute approximate surface area is 141 Å². The highest BCUT2D eigenvalue weighted by Gasteiger charge is 2.25. The van der Waals surface area contributed by atoms with E-state index < -0.39 is 0 Å². The molecular weight excluding hydrogens is 344 g/mol. The normalized spacial score (nSPS) is 27.0. The minimum atomic E-state index is 0.659. The molecule has 0 spiro atoms. The number of nitrogens with one attached hydrogen (secondary N) is 1. The minimum Gasteiger partial charge on any atom is -0.310 e. The van der Waals surface area contributed by atoms with Crippen molar-refractivity contribution in [3.8, 4) is 0 Å². The van der Waals surface area contributed by atoms with Gasteiger partial charge >= 0.3 is 0 Å². The van der Waals surface area contributed by atoms with Gasteiger partial charge in [-0.05, 0) is 37.0 Å². The molecule has 1 N–H and O–H groups in total. The Balaban J connectivity index is 1.61. The van der Waals surface area contributed by atoms with Crippen molar-refractivity contribution in [3.05, 3.63) is 33.8 Å². The van der Waals surface area contributed by atoms with E-state index in [0.29, 0.717) is 6.04 Å². The Morgan fingerprint density at radius 2 is 2.14 bits per heavy atom. The first-order valence-corrected chi connectivity index (χ1v) is 9.84. The second-order valence-corrected chi connectivity index (χ2v) is 8.71. The van der Waals surface area contributed by atoms with Crippen molar-refractivity contribution in [1.82, 2.24) is 10.2 Å². The molecule has 0 bridgehead atoms. The summed E-state index contributed by atoms with van der Waals surface area (Å²) in [5.74, 6) is 1.26. The lowest BCUT2D eigenvalue weighted by Crippen LogP contribution is -2.44. The molecule has 0 amide bonds. The predicted molar refractivity (Wildman–Crippen MR) is 95.8 cm³/mol. The summed E-state index contributed by atoms with van der Waals surface area (Å²) in [5, 5.41) is 4.32. The van der Waals surface area contributed by atoms with Gasteiger partial charge in [0.25, 0.3) is 0 Å². The largest absolute Gasteiger partial charge is 0.310 e. The maximum absolute atomic E-state index is 3.77. The molecule has 1 aliphatic carbocycles. The zero-order valence-corrected chi connectivity index (χ0v) is 15.3. The maximum atomic E-state index is 3.77. The Morgan fingerprint density at radius 3 is 2.86 bits per heavy atom. The van der Waals surface area contributed by atoms with Crippen LogP contribution in [0.3, 0.4) is 0 Å². The molecule has 1 aromatic rings. The number of halogens is 1. The molecule has 3 rings (SSSR count). The van der Waals surface area contributed by atoms with Gasteiger partial charge < -0.3 is 5.32 Å². The fraction of sp³-hybridized carbons (Fsp3) is 0.647. The molecule has 1 aliphatic heterocycles. The van der Waals surface area contributed by atoms with Gasteiger partial charge in [-0.15, -0.1) is 0 Å². The van der Waals surface area contributed by atoms with Gasteiger partial charge in [0, 0.05) is 47.2 Å². The first-order chi connectivity index (χ1) is 10.1. The van der Waals surface area contributed by atoms with Gasteiger partial charge in [-0.2, -0.15) is 11.8 Å². The van der Waals surface area contributed by atoms with E-state index in [4.69, 9.17) is 0 Å². The minimum absolute atomic E-state index is 0.659. The van der Waals surface area contributed by atoms with E-state index in [1.54, 1.807) is 0 Å². The molecule has 2 nitrogen and oxygen atoms in total. The first-order valence-electron chi connectivity index (χ1n) is 8.00. The van der Waals surface area contributed by atoms with Crippen LogP contribution in [0, 0.1) is 0 Å². The molecule has 4 heteroatoms. The number of benzene rings is 1. The summed E-state index contributed by atoms with van der Waals surface area (Å²) in [6.45, 7) is 7.97. The molecular formula is C17H25BrN2S. The van der Waals surface area contributed by atoms with E-state index in [0.717, 1.165) is 24.4 Å².